The first-order chi connectivity index (χ1) is 14.1. The monoisotopic (exact) mass is 416 g/mol. The van der Waals surface area contributed by atoms with E-state index in [1.165, 1.54) is 32.1 Å². The fourth-order valence-corrected chi connectivity index (χ4v) is 9.24. The lowest BCUT2D eigenvalue weighted by Gasteiger charge is -2.60. The minimum Gasteiger partial charge on any atom is -0.393 e. The van der Waals surface area contributed by atoms with Gasteiger partial charge in [0, 0.05) is 11.8 Å². The normalized spacial score (nSPS) is 55.7. The van der Waals surface area contributed by atoms with Crippen LogP contribution in [0.4, 0.5) is 0 Å². The zero-order chi connectivity index (χ0) is 21.5. The van der Waals surface area contributed by atoms with Gasteiger partial charge >= 0.3 is 0 Å². The molecule has 170 valence electrons. The van der Waals surface area contributed by atoms with Gasteiger partial charge in [0.2, 0.25) is 0 Å². The topological polar surface area (TPSA) is 53.0 Å². The summed E-state index contributed by atoms with van der Waals surface area (Å²) in [5, 5.41) is 21.9. The van der Waals surface area contributed by atoms with Crippen LogP contribution in [0.15, 0.2) is 12.2 Å². The molecule has 30 heavy (non-hydrogen) atoms. The summed E-state index contributed by atoms with van der Waals surface area (Å²) in [4.78, 5) is 0. The summed E-state index contributed by atoms with van der Waals surface area (Å²) in [6, 6.07) is 0. The van der Waals surface area contributed by atoms with Crippen LogP contribution < -0.4 is 0 Å². The number of aliphatic hydroxyl groups is 2. The Morgan fingerprint density at radius 2 is 1.77 bits per heavy atom. The molecule has 1 aliphatic heterocycles. The maximum Gasteiger partial charge on any atom is 0.114 e. The first-order valence-corrected chi connectivity index (χ1v) is 12.8. The molecular weight excluding hydrogens is 372 g/mol. The zero-order valence-corrected chi connectivity index (χ0v) is 19.8. The molecule has 4 aliphatic carbocycles. The van der Waals surface area contributed by atoms with E-state index in [0.29, 0.717) is 29.1 Å². The highest BCUT2D eigenvalue weighted by atomic mass is 16.6. The maximum absolute atomic E-state index is 11.5. The molecule has 0 aromatic rings. The summed E-state index contributed by atoms with van der Waals surface area (Å²) < 4.78 is 6.36. The van der Waals surface area contributed by atoms with Gasteiger partial charge in [0.25, 0.3) is 0 Å². The van der Waals surface area contributed by atoms with E-state index in [0.717, 1.165) is 31.1 Å². The third-order valence-corrected chi connectivity index (χ3v) is 10.9. The van der Waals surface area contributed by atoms with Gasteiger partial charge in [0.1, 0.15) is 11.7 Å². The van der Waals surface area contributed by atoms with Gasteiger partial charge in [-0.25, -0.2) is 0 Å². The molecule has 2 N–H and O–H groups in total. The standard InChI is InChI=1S/C27H44O3/c1-16(2)7-6-8-17(3)19-9-10-20-22-21(12-13-25(19,20)4)26(5)14-11-18(28)15-27(26)24(30-27)23(22)29/h6,8,16-24,28-29H,7,9-15H2,1-5H3/b8-6+/t17-,18+,19-,20+,21+,22+,23-,24-,25-,26-,27-/m1/s1. The van der Waals surface area contributed by atoms with E-state index in [1.807, 2.05) is 0 Å². The highest BCUT2D eigenvalue weighted by Crippen LogP contribution is 2.74. The second-order valence-electron chi connectivity index (χ2n) is 12.7. The van der Waals surface area contributed by atoms with Crippen LogP contribution in [0.5, 0.6) is 0 Å². The molecule has 5 rings (SSSR count). The number of epoxide rings is 1. The molecule has 0 aromatic heterocycles. The van der Waals surface area contributed by atoms with Crippen molar-refractivity contribution in [3.63, 3.8) is 0 Å². The van der Waals surface area contributed by atoms with Gasteiger partial charge in [0.05, 0.1) is 12.2 Å². The molecule has 11 atom stereocenters. The van der Waals surface area contributed by atoms with Crippen molar-refractivity contribution in [3.05, 3.63) is 12.2 Å². The Morgan fingerprint density at radius 3 is 2.50 bits per heavy atom. The minimum absolute atomic E-state index is 0.0385. The van der Waals surface area contributed by atoms with Crippen molar-refractivity contribution >= 4 is 0 Å². The second kappa shape index (κ2) is 7.06. The van der Waals surface area contributed by atoms with Gasteiger partial charge in [-0.2, -0.15) is 0 Å². The molecule has 5 fully saturated rings. The van der Waals surface area contributed by atoms with Crippen LogP contribution >= 0.6 is 0 Å². The number of ether oxygens (including phenoxy) is 1. The Bertz CT molecular complexity index is 702. The Hall–Kier alpha value is -0.380. The van der Waals surface area contributed by atoms with Crippen LogP contribution in [0.2, 0.25) is 0 Å². The van der Waals surface area contributed by atoms with Gasteiger partial charge in [0.15, 0.2) is 0 Å². The van der Waals surface area contributed by atoms with Gasteiger partial charge in [-0.3, -0.25) is 0 Å². The SMILES string of the molecule is CC(C)C/C=C/[C@@H](C)[C@H]1CC[C@H]2[C@@H]3[C@@H](O)[C@H]4O[C@]45C[C@@H](O)CC[C@]5(C)[C@H]3CC[C@]12C. The summed E-state index contributed by atoms with van der Waals surface area (Å²) in [6.45, 7) is 12.0. The molecule has 0 aromatic carbocycles. The molecule has 0 bridgehead atoms. The molecule has 0 unspecified atom stereocenters. The summed E-state index contributed by atoms with van der Waals surface area (Å²) in [7, 11) is 0. The molecule has 1 saturated heterocycles. The van der Waals surface area contributed by atoms with E-state index >= 15 is 0 Å². The molecule has 5 aliphatic rings. The average Bonchev–Trinajstić information content (AvgIpc) is 3.29. The van der Waals surface area contributed by atoms with E-state index in [9.17, 15) is 10.2 Å². The molecule has 4 saturated carbocycles. The van der Waals surface area contributed by atoms with Gasteiger partial charge in [-0.15, -0.1) is 0 Å². The van der Waals surface area contributed by atoms with Crippen LogP contribution in [0, 0.1) is 46.3 Å². The van der Waals surface area contributed by atoms with Crippen molar-refractivity contribution in [2.24, 2.45) is 46.3 Å². The highest BCUT2D eigenvalue weighted by molar-refractivity contribution is 5.27. The molecule has 0 radical (unpaired) electrons. The van der Waals surface area contributed by atoms with Gasteiger partial charge in [-0.05, 0) is 85.9 Å². The third-order valence-electron chi connectivity index (χ3n) is 10.9. The van der Waals surface area contributed by atoms with Crippen LogP contribution in [-0.2, 0) is 4.74 Å². The number of allylic oxidation sites excluding steroid dienone is 2. The van der Waals surface area contributed by atoms with E-state index in [4.69, 9.17) is 4.74 Å². The van der Waals surface area contributed by atoms with Crippen molar-refractivity contribution in [3.8, 4) is 0 Å². The predicted molar refractivity (Wildman–Crippen MR) is 120 cm³/mol. The number of hydrogen-bond donors (Lipinski definition) is 2. The number of hydrogen-bond acceptors (Lipinski definition) is 3. The number of rotatable bonds is 4. The van der Waals surface area contributed by atoms with Crippen molar-refractivity contribution in [2.45, 2.75) is 110 Å². The summed E-state index contributed by atoms with van der Waals surface area (Å²) in [6.07, 6.45) is 13.2. The van der Waals surface area contributed by atoms with Crippen LogP contribution in [0.25, 0.3) is 0 Å². The minimum atomic E-state index is -0.344. The smallest absolute Gasteiger partial charge is 0.114 e. The van der Waals surface area contributed by atoms with Gasteiger partial charge in [-0.1, -0.05) is 46.8 Å². The lowest BCUT2D eigenvalue weighted by Crippen LogP contribution is -2.63. The Balaban J connectivity index is 1.40. The van der Waals surface area contributed by atoms with E-state index in [1.54, 1.807) is 0 Å². The maximum atomic E-state index is 11.5. The lowest BCUT2D eigenvalue weighted by atomic mass is 9.43. The van der Waals surface area contributed by atoms with Gasteiger partial charge < -0.3 is 14.9 Å². The van der Waals surface area contributed by atoms with Crippen molar-refractivity contribution in [2.75, 3.05) is 0 Å². The average molecular weight is 417 g/mol. The second-order valence-corrected chi connectivity index (χ2v) is 12.7. The lowest BCUT2D eigenvalue weighted by molar-refractivity contribution is -0.150. The molecule has 1 heterocycles. The summed E-state index contributed by atoms with van der Waals surface area (Å²) in [5.74, 6) is 3.60. The quantitative estimate of drug-likeness (QED) is 0.480. The Labute approximate surface area is 183 Å². The fourth-order valence-electron chi connectivity index (χ4n) is 9.24. The zero-order valence-electron chi connectivity index (χ0n) is 19.8. The molecule has 1 spiro atoms. The molecule has 3 nitrogen and oxygen atoms in total. The van der Waals surface area contributed by atoms with Crippen molar-refractivity contribution in [1.29, 1.82) is 0 Å². The molecular formula is C27H44O3. The first-order valence-electron chi connectivity index (χ1n) is 12.8. The van der Waals surface area contributed by atoms with E-state index < -0.39 is 0 Å². The summed E-state index contributed by atoms with van der Waals surface area (Å²) >= 11 is 0. The Kier molecular flexibility index (Phi) is 5.05. The van der Waals surface area contributed by atoms with Crippen LogP contribution in [-0.4, -0.2) is 34.1 Å². The highest BCUT2D eigenvalue weighted by Gasteiger charge is 2.79. The van der Waals surface area contributed by atoms with Crippen molar-refractivity contribution in [1.82, 2.24) is 0 Å². The first kappa shape index (κ1) is 21.5. The third kappa shape index (κ3) is 2.80. The summed E-state index contributed by atoms with van der Waals surface area (Å²) in [5.41, 5.74) is 0.218. The Morgan fingerprint density at radius 1 is 1.00 bits per heavy atom. The van der Waals surface area contributed by atoms with E-state index in [-0.39, 0.29) is 29.3 Å². The fraction of sp³-hybridized carbons (Fsp3) is 0.926. The number of fused-ring (bicyclic) bond motifs is 4. The van der Waals surface area contributed by atoms with Crippen LogP contribution in [0.1, 0.15) is 86.0 Å². The van der Waals surface area contributed by atoms with E-state index in [2.05, 4.69) is 46.8 Å². The molecule has 3 heteroatoms. The predicted octanol–water partition coefficient (Wildman–Crippen LogP) is 5.35. The van der Waals surface area contributed by atoms with Crippen molar-refractivity contribution < 1.29 is 14.9 Å². The van der Waals surface area contributed by atoms with Crippen LogP contribution in [0.3, 0.4) is 0 Å². The largest absolute Gasteiger partial charge is 0.393 e. The number of aliphatic hydroxyl groups excluding tert-OH is 2. The molecule has 0 amide bonds.